The highest BCUT2D eigenvalue weighted by molar-refractivity contribution is 5.75. The van der Waals surface area contributed by atoms with Crippen LogP contribution in [0.4, 0.5) is 20.2 Å². The third-order valence-electron chi connectivity index (χ3n) is 1.96. The lowest BCUT2D eigenvalue weighted by Crippen LogP contribution is -2.25. The number of primary amides is 1. The van der Waals surface area contributed by atoms with E-state index < -0.39 is 23.6 Å². The van der Waals surface area contributed by atoms with Crippen molar-refractivity contribution in [2.45, 2.75) is 19.4 Å². The van der Waals surface area contributed by atoms with Crippen molar-refractivity contribution in [3.05, 3.63) is 23.8 Å². The van der Waals surface area contributed by atoms with E-state index in [0.29, 0.717) is 0 Å². The molecule has 0 spiro atoms. The molecule has 0 saturated heterocycles. The number of hydrogen-bond acceptors (Lipinski definition) is 3. The first-order chi connectivity index (χ1) is 7.40. The van der Waals surface area contributed by atoms with E-state index in [-0.39, 0.29) is 17.8 Å². The van der Waals surface area contributed by atoms with Gasteiger partial charge in [0.1, 0.15) is 5.69 Å². The summed E-state index contributed by atoms with van der Waals surface area (Å²) in [4.78, 5) is 10.6. The van der Waals surface area contributed by atoms with Crippen molar-refractivity contribution in [2.24, 2.45) is 5.73 Å². The first-order valence-electron chi connectivity index (χ1n) is 4.69. The van der Waals surface area contributed by atoms with Crippen LogP contribution in [0.1, 0.15) is 13.3 Å². The largest absolute Gasteiger partial charge is 0.399 e. The van der Waals surface area contributed by atoms with Crippen LogP contribution in [0, 0.1) is 11.6 Å². The highest BCUT2D eigenvalue weighted by atomic mass is 19.1. The first-order valence-corrected chi connectivity index (χ1v) is 4.69. The van der Waals surface area contributed by atoms with E-state index in [2.05, 4.69) is 5.32 Å². The Balaban J connectivity index is 2.85. The van der Waals surface area contributed by atoms with Crippen LogP contribution in [0.15, 0.2) is 12.1 Å². The second-order valence-electron chi connectivity index (χ2n) is 3.58. The maximum Gasteiger partial charge on any atom is 0.219 e. The molecular formula is C10H13F2N3O. The van der Waals surface area contributed by atoms with Gasteiger partial charge in [0.25, 0.3) is 0 Å². The summed E-state index contributed by atoms with van der Waals surface area (Å²) >= 11 is 0. The predicted molar refractivity (Wildman–Crippen MR) is 57.7 cm³/mol. The number of carbonyl (C=O) groups excluding carboxylic acids is 1. The fraction of sp³-hybridized carbons (Fsp3) is 0.300. The number of amides is 1. The molecule has 0 aliphatic carbocycles. The number of nitrogens with one attached hydrogen (secondary N) is 1. The van der Waals surface area contributed by atoms with Gasteiger partial charge in [-0.3, -0.25) is 4.79 Å². The minimum atomic E-state index is -0.797. The summed E-state index contributed by atoms with van der Waals surface area (Å²) in [6, 6.07) is 1.55. The quantitative estimate of drug-likeness (QED) is 0.679. The molecule has 1 rings (SSSR count). The van der Waals surface area contributed by atoms with Crippen LogP contribution in [0.5, 0.6) is 0 Å². The van der Waals surface area contributed by atoms with Crippen LogP contribution in [0.2, 0.25) is 0 Å². The molecule has 0 heterocycles. The van der Waals surface area contributed by atoms with Crippen molar-refractivity contribution < 1.29 is 13.6 Å². The summed E-state index contributed by atoms with van der Waals surface area (Å²) in [6.45, 7) is 1.60. The molecular weight excluding hydrogens is 216 g/mol. The number of benzene rings is 1. The SMILES string of the molecule is CC(CC(N)=O)Nc1c(F)cc(N)cc1F. The highest BCUT2D eigenvalue weighted by Crippen LogP contribution is 2.22. The smallest absolute Gasteiger partial charge is 0.219 e. The molecule has 5 N–H and O–H groups in total. The summed E-state index contributed by atoms with van der Waals surface area (Å²) in [5.41, 5.74) is 9.92. The Morgan fingerprint density at radius 1 is 1.44 bits per heavy atom. The fourth-order valence-electron chi connectivity index (χ4n) is 1.33. The van der Waals surface area contributed by atoms with Crippen LogP contribution in [-0.2, 0) is 4.79 Å². The molecule has 16 heavy (non-hydrogen) atoms. The van der Waals surface area contributed by atoms with Crippen molar-refractivity contribution in [2.75, 3.05) is 11.1 Å². The number of anilines is 2. The lowest BCUT2D eigenvalue weighted by atomic mass is 10.2. The second kappa shape index (κ2) is 4.78. The summed E-state index contributed by atoms with van der Waals surface area (Å²) < 4.78 is 26.6. The third kappa shape index (κ3) is 3.08. The number of carbonyl (C=O) groups is 1. The van der Waals surface area contributed by atoms with Crippen LogP contribution >= 0.6 is 0 Å². The number of halogens is 2. The fourth-order valence-corrected chi connectivity index (χ4v) is 1.33. The van der Waals surface area contributed by atoms with Gasteiger partial charge in [0.05, 0.1) is 0 Å². The first kappa shape index (κ1) is 12.2. The Bertz CT molecular complexity index is 386. The maximum absolute atomic E-state index is 13.3. The Labute approximate surface area is 91.6 Å². The molecule has 1 aromatic carbocycles. The standard InChI is InChI=1S/C10H13F2N3O/c1-5(2-9(14)16)15-10-7(11)3-6(13)4-8(10)12/h3-5,15H,2,13H2,1H3,(H2,14,16). The van der Waals surface area contributed by atoms with Gasteiger partial charge in [-0.2, -0.15) is 0 Å². The minimum Gasteiger partial charge on any atom is -0.399 e. The van der Waals surface area contributed by atoms with Crippen LogP contribution in [0.25, 0.3) is 0 Å². The molecule has 0 aromatic heterocycles. The molecule has 0 aliphatic heterocycles. The molecule has 1 aromatic rings. The summed E-state index contributed by atoms with van der Waals surface area (Å²) in [5.74, 6) is -2.14. The number of hydrogen-bond donors (Lipinski definition) is 3. The number of nitrogens with two attached hydrogens (primary N) is 2. The van der Waals surface area contributed by atoms with Gasteiger partial charge in [0, 0.05) is 18.2 Å². The lowest BCUT2D eigenvalue weighted by molar-refractivity contribution is -0.118. The predicted octanol–water partition coefficient (Wildman–Crippen LogP) is 1.22. The molecule has 1 atom stereocenters. The van der Waals surface area contributed by atoms with Crippen molar-refractivity contribution in [1.29, 1.82) is 0 Å². The normalized spacial score (nSPS) is 12.2. The zero-order valence-electron chi connectivity index (χ0n) is 8.76. The average Bonchev–Trinajstić information content (AvgIpc) is 2.09. The lowest BCUT2D eigenvalue weighted by Gasteiger charge is -2.15. The van der Waals surface area contributed by atoms with E-state index in [9.17, 15) is 13.6 Å². The van der Waals surface area contributed by atoms with Gasteiger partial charge >= 0.3 is 0 Å². The van der Waals surface area contributed by atoms with Gasteiger partial charge in [0.15, 0.2) is 11.6 Å². The van der Waals surface area contributed by atoms with Crippen LogP contribution in [0.3, 0.4) is 0 Å². The molecule has 6 heteroatoms. The van der Waals surface area contributed by atoms with Gasteiger partial charge in [-0.25, -0.2) is 8.78 Å². The van der Waals surface area contributed by atoms with Crippen molar-refractivity contribution >= 4 is 17.3 Å². The molecule has 0 saturated carbocycles. The minimum absolute atomic E-state index is 0.00287. The monoisotopic (exact) mass is 229 g/mol. The third-order valence-corrected chi connectivity index (χ3v) is 1.96. The van der Waals surface area contributed by atoms with E-state index in [4.69, 9.17) is 11.5 Å². The maximum atomic E-state index is 13.3. The zero-order chi connectivity index (χ0) is 12.3. The molecule has 0 radical (unpaired) electrons. The van der Waals surface area contributed by atoms with E-state index in [1.165, 1.54) is 0 Å². The van der Waals surface area contributed by atoms with Gasteiger partial charge < -0.3 is 16.8 Å². The molecule has 1 unspecified atom stereocenters. The molecule has 0 fully saturated rings. The van der Waals surface area contributed by atoms with Gasteiger partial charge in [0.2, 0.25) is 5.91 Å². The van der Waals surface area contributed by atoms with Crippen molar-refractivity contribution in [3.8, 4) is 0 Å². The average molecular weight is 229 g/mol. The van der Waals surface area contributed by atoms with Gasteiger partial charge in [-0.1, -0.05) is 0 Å². The summed E-state index contributed by atoms with van der Waals surface area (Å²) in [6.07, 6.45) is -0.0107. The van der Waals surface area contributed by atoms with E-state index >= 15 is 0 Å². The van der Waals surface area contributed by atoms with E-state index in [0.717, 1.165) is 12.1 Å². The Hall–Kier alpha value is -1.85. The van der Waals surface area contributed by atoms with E-state index in [1.807, 2.05) is 0 Å². The molecule has 0 aliphatic rings. The summed E-state index contributed by atoms with van der Waals surface area (Å²) in [7, 11) is 0. The molecule has 88 valence electrons. The zero-order valence-corrected chi connectivity index (χ0v) is 8.76. The molecule has 4 nitrogen and oxygen atoms in total. The Morgan fingerprint density at radius 3 is 2.38 bits per heavy atom. The number of rotatable bonds is 4. The van der Waals surface area contributed by atoms with Gasteiger partial charge in [-0.15, -0.1) is 0 Å². The van der Waals surface area contributed by atoms with Crippen molar-refractivity contribution in [3.63, 3.8) is 0 Å². The van der Waals surface area contributed by atoms with Crippen LogP contribution in [-0.4, -0.2) is 11.9 Å². The van der Waals surface area contributed by atoms with E-state index in [1.54, 1.807) is 6.92 Å². The summed E-state index contributed by atoms with van der Waals surface area (Å²) in [5, 5.41) is 2.53. The molecule has 1 amide bonds. The Kier molecular flexibility index (Phi) is 3.65. The Morgan fingerprint density at radius 2 is 1.94 bits per heavy atom. The van der Waals surface area contributed by atoms with Crippen molar-refractivity contribution in [1.82, 2.24) is 0 Å². The number of nitrogen functional groups attached to an aromatic ring is 1. The molecule has 0 bridgehead atoms. The van der Waals surface area contributed by atoms with Crippen LogP contribution < -0.4 is 16.8 Å². The highest BCUT2D eigenvalue weighted by Gasteiger charge is 2.13. The topological polar surface area (TPSA) is 81.1 Å². The van der Waals surface area contributed by atoms with Gasteiger partial charge in [-0.05, 0) is 19.1 Å². The second-order valence-corrected chi connectivity index (χ2v) is 3.58.